The molecule has 0 saturated carbocycles. The molecular formula is C14H32O2Si2. The molecule has 0 spiro atoms. The van der Waals surface area contributed by atoms with Crippen LogP contribution >= 0.6 is 0 Å². The van der Waals surface area contributed by atoms with Gasteiger partial charge in [0, 0.05) is 23.7 Å². The minimum Gasteiger partial charge on any atom is -0.398 e. The second-order valence-electron chi connectivity index (χ2n) is 5.18. The molecule has 1 unspecified atom stereocenters. The van der Waals surface area contributed by atoms with Crippen LogP contribution in [0.3, 0.4) is 0 Å². The molecule has 0 fully saturated rings. The number of unbranched alkanes of at least 4 members (excludes halogenated alkanes) is 6. The molecule has 2 nitrogen and oxygen atoms in total. The molecule has 4 heteroatoms. The summed E-state index contributed by atoms with van der Waals surface area (Å²) in [6, 6.07) is 0. The lowest BCUT2D eigenvalue weighted by atomic mass is 10.1. The van der Waals surface area contributed by atoms with Gasteiger partial charge in [0.15, 0.2) is 0 Å². The maximum atomic E-state index is 5.67. The Bertz CT molecular complexity index is 185. The monoisotopic (exact) mass is 288 g/mol. The Labute approximate surface area is 118 Å². The molecule has 0 bridgehead atoms. The van der Waals surface area contributed by atoms with Gasteiger partial charge in [0.2, 0.25) is 0 Å². The molecule has 0 saturated heterocycles. The van der Waals surface area contributed by atoms with Crippen LogP contribution in [0.4, 0.5) is 0 Å². The van der Waals surface area contributed by atoms with E-state index in [4.69, 9.17) is 8.85 Å². The topological polar surface area (TPSA) is 18.5 Å². The van der Waals surface area contributed by atoms with Crippen LogP contribution in [0.1, 0.15) is 58.3 Å². The Morgan fingerprint density at radius 1 is 0.944 bits per heavy atom. The van der Waals surface area contributed by atoms with Crippen LogP contribution in [0.2, 0.25) is 18.3 Å². The van der Waals surface area contributed by atoms with Crippen LogP contribution in [0.15, 0.2) is 0 Å². The van der Waals surface area contributed by atoms with Gasteiger partial charge in [0.05, 0.1) is 0 Å². The summed E-state index contributed by atoms with van der Waals surface area (Å²) in [6.45, 7) is 6.76. The van der Waals surface area contributed by atoms with Gasteiger partial charge in [0.25, 0.3) is 0 Å². The molecule has 18 heavy (non-hydrogen) atoms. The van der Waals surface area contributed by atoms with Gasteiger partial charge >= 0.3 is 8.56 Å². The lowest BCUT2D eigenvalue weighted by Crippen LogP contribution is -2.43. The molecule has 0 heterocycles. The van der Waals surface area contributed by atoms with Crippen LogP contribution in [-0.4, -0.2) is 32.3 Å². The second-order valence-corrected chi connectivity index (χ2v) is 10.6. The van der Waals surface area contributed by atoms with E-state index in [1.165, 1.54) is 51.4 Å². The smallest absolute Gasteiger partial charge is 0.334 e. The summed E-state index contributed by atoms with van der Waals surface area (Å²) in [7, 11) is 2.67. The molecule has 0 aromatic rings. The highest BCUT2D eigenvalue weighted by Crippen LogP contribution is 2.28. The van der Waals surface area contributed by atoms with E-state index in [1.54, 1.807) is 0 Å². The van der Waals surface area contributed by atoms with Gasteiger partial charge in [-0.1, -0.05) is 64.8 Å². The van der Waals surface area contributed by atoms with Crippen LogP contribution < -0.4 is 0 Å². The molecule has 0 aliphatic rings. The Hall–Kier alpha value is 0.354. The lowest BCUT2D eigenvalue weighted by Gasteiger charge is -2.31. The maximum Gasteiger partial charge on any atom is 0.334 e. The van der Waals surface area contributed by atoms with Gasteiger partial charge in [0.1, 0.15) is 0 Å². The fourth-order valence-corrected chi connectivity index (χ4v) is 7.10. The zero-order valence-corrected chi connectivity index (χ0v) is 15.1. The van der Waals surface area contributed by atoms with E-state index in [9.17, 15) is 0 Å². The summed E-state index contributed by atoms with van der Waals surface area (Å²) in [5, 5.41) is 0.670. The highest BCUT2D eigenvalue weighted by molar-refractivity contribution is 6.77. The van der Waals surface area contributed by atoms with Gasteiger partial charge in [-0.05, 0) is 11.7 Å². The number of rotatable bonds is 12. The minimum atomic E-state index is -1.90. The van der Waals surface area contributed by atoms with Crippen molar-refractivity contribution in [3.05, 3.63) is 0 Å². The maximum absolute atomic E-state index is 5.67. The van der Waals surface area contributed by atoms with Crippen molar-refractivity contribution in [2.24, 2.45) is 0 Å². The third-order valence-corrected chi connectivity index (χ3v) is 10.5. The molecule has 0 aromatic carbocycles. The largest absolute Gasteiger partial charge is 0.398 e. The third kappa shape index (κ3) is 7.07. The SMILES string of the molecule is CCCCCCCCCC([Si]C)[Si](C)(OC)OC. The molecule has 0 aromatic heterocycles. The lowest BCUT2D eigenvalue weighted by molar-refractivity contribution is 0.243. The van der Waals surface area contributed by atoms with Gasteiger partial charge in [-0.15, -0.1) is 0 Å². The summed E-state index contributed by atoms with van der Waals surface area (Å²) in [4.78, 5) is 0. The van der Waals surface area contributed by atoms with E-state index >= 15 is 0 Å². The van der Waals surface area contributed by atoms with E-state index in [1.807, 2.05) is 14.2 Å². The van der Waals surface area contributed by atoms with Crippen LogP contribution in [-0.2, 0) is 8.85 Å². The van der Waals surface area contributed by atoms with Gasteiger partial charge < -0.3 is 8.85 Å². The Morgan fingerprint density at radius 2 is 1.44 bits per heavy atom. The van der Waals surface area contributed by atoms with Gasteiger partial charge in [-0.3, -0.25) is 0 Å². The van der Waals surface area contributed by atoms with Crippen molar-refractivity contribution in [1.29, 1.82) is 0 Å². The minimum absolute atomic E-state index is 0.670. The summed E-state index contributed by atoms with van der Waals surface area (Å²) in [5.74, 6) is 0. The molecule has 0 rings (SSSR count). The second kappa shape index (κ2) is 11.2. The average Bonchev–Trinajstić information content (AvgIpc) is 2.41. The van der Waals surface area contributed by atoms with E-state index < -0.39 is 8.56 Å². The van der Waals surface area contributed by atoms with Crippen molar-refractivity contribution in [2.75, 3.05) is 14.2 Å². The highest BCUT2D eigenvalue weighted by atomic mass is 28.4. The summed E-state index contributed by atoms with van der Waals surface area (Å²) < 4.78 is 11.3. The number of hydrogen-bond donors (Lipinski definition) is 0. The molecule has 0 N–H and O–H groups in total. The summed E-state index contributed by atoms with van der Waals surface area (Å²) in [5.41, 5.74) is 0. The van der Waals surface area contributed by atoms with E-state index in [2.05, 4.69) is 20.0 Å². The van der Waals surface area contributed by atoms with Crippen molar-refractivity contribution in [3.8, 4) is 0 Å². The first-order chi connectivity index (χ1) is 8.64. The fourth-order valence-electron chi connectivity index (χ4n) is 2.34. The first kappa shape index (κ1) is 18.4. The predicted molar refractivity (Wildman–Crippen MR) is 83.6 cm³/mol. The van der Waals surface area contributed by atoms with E-state index in [-0.39, 0.29) is 0 Å². The number of hydrogen-bond acceptors (Lipinski definition) is 2. The van der Waals surface area contributed by atoms with Crippen molar-refractivity contribution in [2.45, 2.75) is 76.5 Å². The quantitative estimate of drug-likeness (QED) is 0.387. The molecule has 0 aliphatic heterocycles. The molecular weight excluding hydrogens is 256 g/mol. The molecule has 108 valence electrons. The molecule has 0 aliphatic carbocycles. The first-order valence-electron chi connectivity index (χ1n) is 7.42. The van der Waals surface area contributed by atoms with Crippen LogP contribution in [0.5, 0.6) is 0 Å². The van der Waals surface area contributed by atoms with Crippen molar-refractivity contribution in [3.63, 3.8) is 0 Å². The Balaban J connectivity index is 3.74. The van der Waals surface area contributed by atoms with Gasteiger partial charge in [-0.25, -0.2) is 0 Å². The zero-order chi connectivity index (χ0) is 13.9. The zero-order valence-electron chi connectivity index (χ0n) is 13.1. The van der Waals surface area contributed by atoms with Crippen molar-refractivity contribution < 1.29 is 8.85 Å². The highest BCUT2D eigenvalue weighted by Gasteiger charge is 2.37. The molecule has 1 atom stereocenters. The fraction of sp³-hybridized carbons (Fsp3) is 1.00. The normalized spacial score (nSPS) is 13.8. The predicted octanol–water partition coefficient (Wildman–Crippen LogP) is 4.57. The molecule has 2 radical (unpaired) electrons. The average molecular weight is 289 g/mol. The van der Waals surface area contributed by atoms with Crippen LogP contribution in [0, 0.1) is 0 Å². The summed E-state index contributed by atoms with van der Waals surface area (Å²) in [6.07, 6.45) is 11.0. The van der Waals surface area contributed by atoms with E-state index in [0.29, 0.717) is 5.16 Å². The van der Waals surface area contributed by atoms with Crippen molar-refractivity contribution in [1.82, 2.24) is 0 Å². The van der Waals surface area contributed by atoms with Crippen molar-refractivity contribution >= 4 is 18.1 Å². The Kier molecular flexibility index (Phi) is 11.4. The standard InChI is InChI=1S/C14H32O2Si2/c1-6-7-8-9-10-11-12-13-14(17-4)18(5,15-2)16-3/h14H,6-13H2,1-5H3. The van der Waals surface area contributed by atoms with Crippen LogP contribution in [0.25, 0.3) is 0 Å². The third-order valence-electron chi connectivity index (χ3n) is 3.89. The first-order valence-corrected chi connectivity index (χ1v) is 11.4. The van der Waals surface area contributed by atoms with Gasteiger partial charge in [-0.2, -0.15) is 0 Å². The summed E-state index contributed by atoms with van der Waals surface area (Å²) >= 11 is 0. The Morgan fingerprint density at radius 3 is 1.89 bits per heavy atom. The van der Waals surface area contributed by atoms with E-state index in [0.717, 1.165) is 9.52 Å². The molecule has 0 amide bonds.